The van der Waals surface area contributed by atoms with Gasteiger partial charge >= 0.3 is 0 Å². The number of methoxy groups -OCH3 is 2. The Kier molecular flexibility index (Phi) is 5.00. The van der Waals surface area contributed by atoms with E-state index in [0.717, 1.165) is 41.8 Å². The Morgan fingerprint density at radius 1 is 0.767 bits per heavy atom. The molecule has 30 heavy (non-hydrogen) atoms. The van der Waals surface area contributed by atoms with Crippen LogP contribution in [0.3, 0.4) is 0 Å². The summed E-state index contributed by atoms with van der Waals surface area (Å²) in [6.45, 7) is 3.54. The van der Waals surface area contributed by atoms with Crippen molar-refractivity contribution >= 4 is 0 Å². The molecule has 0 aromatic heterocycles. The first-order valence-corrected chi connectivity index (χ1v) is 11.0. The van der Waals surface area contributed by atoms with Crippen LogP contribution in [0.4, 0.5) is 0 Å². The molecule has 3 nitrogen and oxygen atoms in total. The van der Waals surface area contributed by atoms with Gasteiger partial charge in [0.15, 0.2) is 11.5 Å². The molecular weight excluding hydrogens is 370 g/mol. The molecule has 0 N–H and O–H groups in total. The molecule has 3 aromatic rings. The zero-order chi connectivity index (χ0) is 20.6. The third kappa shape index (κ3) is 3.18. The van der Waals surface area contributed by atoms with Gasteiger partial charge < -0.3 is 14.0 Å². The molecule has 3 aromatic carbocycles. The Bertz CT molecular complexity index is 1050. The average molecular weight is 401 g/mol. The van der Waals surface area contributed by atoms with Crippen LogP contribution in [-0.2, 0) is 19.3 Å². The summed E-state index contributed by atoms with van der Waals surface area (Å²) in [4.78, 5) is 0. The lowest BCUT2D eigenvalue weighted by Crippen LogP contribution is -2.58. The van der Waals surface area contributed by atoms with Crippen LogP contribution in [0.15, 0.2) is 66.7 Å². The maximum atomic E-state index is 5.70. The molecule has 0 spiro atoms. The standard InChI is InChI=1S/C27H30NO2/c1-29-25-18-22-14-17-28(15-12-20-8-4-3-5-9-20)16-13-21-10-6-7-11-23(21)27(28)24(22)19-26(25)30-2/h3-11,18-19,27H,12-17H2,1-2H3/q+1. The van der Waals surface area contributed by atoms with Crippen LogP contribution in [-0.4, -0.2) is 38.3 Å². The Morgan fingerprint density at radius 2 is 1.43 bits per heavy atom. The van der Waals surface area contributed by atoms with E-state index in [-0.39, 0.29) is 0 Å². The molecule has 3 heteroatoms. The minimum absolute atomic E-state index is 0.363. The number of nitrogens with zero attached hydrogens (tertiary/aromatic N) is 1. The second-order valence-electron chi connectivity index (χ2n) is 8.63. The highest BCUT2D eigenvalue weighted by Gasteiger charge is 2.46. The number of rotatable bonds is 5. The van der Waals surface area contributed by atoms with Crippen molar-refractivity contribution in [3.8, 4) is 11.5 Å². The van der Waals surface area contributed by atoms with E-state index in [1.165, 1.54) is 40.9 Å². The largest absolute Gasteiger partial charge is 0.493 e. The van der Waals surface area contributed by atoms with Crippen LogP contribution in [0.5, 0.6) is 11.5 Å². The predicted molar refractivity (Wildman–Crippen MR) is 120 cm³/mol. The molecule has 2 unspecified atom stereocenters. The first-order chi connectivity index (χ1) is 14.7. The SMILES string of the molecule is COc1cc2c(cc1OC)C1c3ccccc3CC[N+]1(CCc1ccccc1)CC2. The van der Waals surface area contributed by atoms with Gasteiger partial charge in [0, 0.05) is 30.4 Å². The summed E-state index contributed by atoms with van der Waals surface area (Å²) in [6, 6.07) is 24.8. The first-order valence-electron chi connectivity index (χ1n) is 11.0. The van der Waals surface area contributed by atoms with Gasteiger partial charge in [-0.2, -0.15) is 0 Å². The number of hydrogen-bond donors (Lipinski definition) is 0. The quantitative estimate of drug-likeness (QED) is 0.563. The van der Waals surface area contributed by atoms with Gasteiger partial charge in [0.25, 0.3) is 0 Å². The third-order valence-corrected chi connectivity index (χ3v) is 7.18. The Balaban J connectivity index is 1.61. The van der Waals surface area contributed by atoms with Crippen LogP contribution in [0.1, 0.15) is 33.9 Å². The lowest BCUT2D eigenvalue weighted by Gasteiger charge is -2.51. The zero-order valence-electron chi connectivity index (χ0n) is 17.9. The average Bonchev–Trinajstić information content (AvgIpc) is 2.82. The normalized spacial score (nSPS) is 21.9. The fourth-order valence-electron chi connectivity index (χ4n) is 5.60. The van der Waals surface area contributed by atoms with E-state index in [2.05, 4.69) is 66.7 Å². The smallest absolute Gasteiger partial charge is 0.161 e. The molecule has 0 aliphatic carbocycles. The Morgan fingerprint density at radius 3 is 2.20 bits per heavy atom. The molecule has 154 valence electrons. The van der Waals surface area contributed by atoms with Gasteiger partial charge in [-0.1, -0.05) is 54.6 Å². The second kappa shape index (κ2) is 7.81. The van der Waals surface area contributed by atoms with E-state index < -0.39 is 0 Å². The summed E-state index contributed by atoms with van der Waals surface area (Å²) >= 11 is 0. The van der Waals surface area contributed by atoms with Gasteiger partial charge in [-0.3, -0.25) is 0 Å². The fraction of sp³-hybridized carbons (Fsp3) is 0.333. The summed E-state index contributed by atoms with van der Waals surface area (Å²) in [5.41, 5.74) is 7.24. The van der Waals surface area contributed by atoms with E-state index in [1.807, 2.05) is 0 Å². The third-order valence-electron chi connectivity index (χ3n) is 7.18. The molecule has 2 aliphatic heterocycles. The van der Waals surface area contributed by atoms with Gasteiger partial charge in [0.2, 0.25) is 0 Å². The van der Waals surface area contributed by atoms with Crippen LogP contribution in [0.25, 0.3) is 0 Å². The topological polar surface area (TPSA) is 18.5 Å². The Hall–Kier alpha value is -2.78. The van der Waals surface area contributed by atoms with Crippen molar-refractivity contribution < 1.29 is 14.0 Å². The maximum Gasteiger partial charge on any atom is 0.161 e. The highest BCUT2D eigenvalue weighted by Crippen LogP contribution is 2.48. The molecule has 0 saturated heterocycles. The van der Waals surface area contributed by atoms with E-state index in [4.69, 9.17) is 9.47 Å². The van der Waals surface area contributed by atoms with E-state index in [0.29, 0.717) is 6.04 Å². The van der Waals surface area contributed by atoms with Crippen molar-refractivity contribution in [1.82, 2.24) is 0 Å². The van der Waals surface area contributed by atoms with Crippen molar-refractivity contribution in [2.75, 3.05) is 33.9 Å². The predicted octanol–water partition coefficient (Wildman–Crippen LogP) is 4.96. The van der Waals surface area contributed by atoms with Gasteiger partial charge in [-0.05, 0) is 28.8 Å². The highest BCUT2D eigenvalue weighted by molar-refractivity contribution is 5.52. The molecule has 0 saturated carbocycles. The lowest BCUT2D eigenvalue weighted by molar-refractivity contribution is -0.955. The lowest BCUT2D eigenvalue weighted by atomic mass is 9.79. The van der Waals surface area contributed by atoms with Gasteiger partial charge in [0.05, 0.1) is 33.9 Å². The molecule has 0 fully saturated rings. The molecule has 0 bridgehead atoms. The maximum absolute atomic E-state index is 5.70. The summed E-state index contributed by atoms with van der Waals surface area (Å²) in [5.74, 6) is 1.67. The van der Waals surface area contributed by atoms with Crippen LogP contribution in [0.2, 0.25) is 0 Å². The van der Waals surface area contributed by atoms with E-state index in [1.54, 1.807) is 14.2 Å². The number of ether oxygens (including phenoxy) is 2. The molecule has 0 amide bonds. The summed E-state index contributed by atoms with van der Waals surface area (Å²) in [6.07, 6.45) is 3.36. The zero-order valence-corrected chi connectivity index (χ0v) is 17.9. The summed E-state index contributed by atoms with van der Waals surface area (Å²) < 4.78 is 12.4. The minimum atomic E-state index is 0.363. The van der Waals surface area contributed by atoms with Crippen LogP contribution >= 0.6 is 0 Å². The van der Waals surface area contributed by atoms with Gasteiger partial charge in [0.1, 0.15) is 6.04 Å². The van der Waals surface area contributed by atoms with Gasteiger partial charge in [-0.15, -0.1) is 0 Å². The summed E-state index contributed by atoms with van der Waals surface area (Å²) in [5, 5.41) is 0. The monoisotopic (exact) mass is 400 g/mol. The number of benzene rings is 3. The van der Waals surface area contributed by atoms with Crippen molar-refractivity contribution in [3.63, 3.8) is 0 Å². The van der Waals surface area contributed by atoms with Crippen LogP contribution < -0.4 is 9.47 Å². The summed E-state index contributed by atoms with van der Waals surface area (Å²) in [7, 11) is 3.46. The second-order valence-corrected chi connectivity index (χ2v) is 8.63. The molecule has 2 heterocycles. The number of fused-ring (bicyclic) bond motifs is 5. The Labute approximate surface area is 179 Å². The fourth-order valence-corrected chi connectivity index (χ4v) is 5.60. The number of quaternary nitrogens is 1. The van der Waals surface area contributed by atoms with Crippen molar-refractivity contribution in [1.29, 1.82) is 0 Å². The van der Waals surface area contributed by atoms with Crippen molar-refractivity contribution in [3.05, 3.63) is 94.5 Å². The van der Waals surface area contributed by atoms with E-state index >= 15 is 0 Å². The first kappa shape index (κ1) is 19.2. The van der Waals surface area contributed by atoms with Gasteiger partial charge in [-0.25, -0.2) is 0 Å². The molecule has 5 rings (SSSR count). The van der Waals surface area contributed by atoms with Crippen molar-refractivity contribution in [2.45, 2.75) is 25.3 Å². The molecule has 0 radical (unpaired) electrons. The van der Waals surface area contributed by atoms with Crippen molar-refractivity contribution in [2.24, 2.45) is 0 Å². The highest BCUT2D eigenvalue weighted by atomic mass is 16.5. The molecular formula is C27H30NO2+. The molecule has 2 atom stereocenters. The minimum Gasteiger partial charge on any atom is -0.493 e. The van der Waals surface area contributed by atoms with Crippen LogP contribution in [0, 0.1) is 0 Å². The number of hydrogen-bond acceptors (Lipinski definition) is 2. The molecule has 2 aliphatic rings. The van der Waals surface area contributed by atoms with E-state index in [9.17, 15) is 0 Å².